The summed E-state index contributed by atoms with van der Waals surface area (Å²) in [6, 6.07) is 23.0. The van der Waals surface area contributed by atoms with Crippen LogP contribution >= 0.6 is 0 Å². The average molecular weight is 531 g/mol. The molecule has 208 valence electrons. The standard InChI is InChI=1S/C33H42N2O4/c1-6-38-30-19-17-27(22-31(30)39-7-2)18-20-32(36)35(23-28-16-12-11-13-25(28)5)29(33(37)34-24(3)4)21-26-14-9-8-10-15-26/h8-17,19,22,24,29H,6-7,18,20-21,23H2,1-5H3,(H,34,37)/t29-/m1/s1. The van der Waals surface area contributed by atoms with E-state index in [0.29, 0.717) is 44.1 Å². The van der Waals surface area contributed by atoms with Crippen molar-refractivity contribution in [1.29, 1.82) is 0 Å². The largest absolute Gasteiger partial charge is 0.490 e. The molecular formula is C33H42N2O4. The molecule has 0 spiro atoms. The first-order valence-electron chi connectivity index (χ1n) is 13.9. The van der Waals surface area contributed by atoms with E-state index in [0.717, 1.165) is 22.3 Å². The third-order valence-electron chi connectivity index (χ3n) is 6.54. The van der Waals surface area contributed by atoms with E-state index in [2.05, 4.69) is 5.32 Å². The molecule has 0 unspecified atom stereocenters. The van der Waals surface area contributed by atoms with Crippen LogP contribution in [0.3, 0.4) is 0 Å². The summed E-state index contributed by atoms with van der Waals surface area (Å²) in [7, 11) is 0. The molecule has 39 heavy (non-hydrogen) atoms. The topological polar surface area (TPSA) is 67.9 Å². The Morgan fingerprint density at radius 1 is 0.846 bits per heavy atom. The maximum absolute atomic E-state index is 13.9. The molecule has 1 atom stereocenters. The van der Waals surface area contributed by atoms with Crippen LogP contribution in [-0.4, -0.2) is 42.0 Å². The minimum atomic E-state index is -0.638. The summed E-state index contributed by atoms with van der Waals surface area (Å²) in [6.07, 6.45) is 1.24. The average Bonchev–Trinajstić information content (AvgIpc) is 2.92. The predicted molar refractivity (Wildman–Crippen MR) is 156 cm³/mol. The lowest BCUT2D eigenvalue weighted by Crippen LogP contribution is -2.51. The van der Waals surface area contributed by atoms with Gasteiger partial charge in [0, 0.05) is 25.4 Å². The number of carbonyl (C=O) groups is 2. The second-order valence-corrected chi connectivity index (χ2v) is 9.96. The highest BCUT2D eigenvalue weighted by Gasteiger charge is 2.30. The Balaban J connectivity index is 1.90. The third kappa shape index (κ3) is 8.88. The minimum absolute atomic E-state index is 0.0352. The van der Waals surface area contributed by atoms with Gasteiger partial charge in [-0.1, -0.05) is 60.7 Å². The van der Waals surface area contributed by atoms with Gasteiger partial charge in [-0.15, -0.1) is 0 Å². The van der Waals surface area contributed by atoms with Gasteiger partial charge in [0.25, 0.3) is 0 Å². The third-order valence-corrected chi connectivity index (χ3v) is 6.54. The van der Waals surface area contributed by atoms with Gasteiger partial charge in [-0.25, -0.2) is 0 Å². The Morgan fingerprint density at radius 2 is 1.51 bits per heavy atom. The van der Waals surface area contributed by atoms with Crippen molar-refractivity contribution in [3.8, 4) is 11.5 Å². The summed E-state index contributed by atoms with van der Waals surface area (Å²) >= 11 is 0. The highest BCUT2D eigenvalue weighted by Crippen LogP contribution is 2.29. The molecule has 6 heteroatoms. The van der Waals surface area contributed by atoms with Crippen LogP contribution in [0.1, 0.15) is 56.4 Å². The molecule has 0 aliphatic carbocycles. The van der Waals surface area contributed by atoms with Crippen LogP contribution in [0.15, 0.2) is 72.8 Å². The molecule has 0 saturated carbocycles. The van der Waals surface area contributed by atoms with Crippen LogP contribution in [0.2, 0.25) is 0 Å². The number of ether oxygens (including phenoxy) is 2. The van der Waals surface area contributed by atoms with E-state index in [1.807, 2.05) is 107 Å². The smallest absolute Gasteiger partial charge is 0.243 e. The van der Waals surface area contributed by atoms with Crippen LogP contribution in [0, 0.1) is 6.92 Å². The zero-order chi connectivity index (χ0) is 28.2. The van der Waals surface area contributed by atoms with Crippen molar-refractivity contribution < 1.29 is 19.1 Å². The number of amides is 2. The van der Waals surface area contributed by atoms with Crippen LogP contribution in [0.5, 0.6) is 11.5 Å². The molecule has 1 N–H and O–H groups in total. The molecule has 3 rings (SSSR count). The summed E-state index contributed by atoms with van der Waals surface area (Å²) in [5, 5.41) is 3.05. The monoisotopic (exact) mass is 530 g/mol. The maximum Gasteiger partial charge on any atom is 0.243 e. The summed E-state index contributed by atoms with van der Waals surface area (Å²) < 4.78 is 11.5. The lowest BCUT2D eigenvalue weighted by molar-refractivity contribution is -0.141. The SMILES string of the molecule is CCOc1ccc(CCC(=O)N(Cc2ccccc2C)[C@H](Cc2ccccc2)C(=O)NC(C)C)cc1OCC. The van der Waals surface area contributed by atoms with Crippen molar-refractivity contribution in [2.75, 3.05) is 13.2 Å². The van der Waals surface area contributed by atoms with E-state index in [1.165, 1.54) is 0 Å². The molecule has 0 saturated heterocycles. The Kier molecular flexibility index (Phi) is 11.4. The second-order valence-electron chi connectivity index (χ2n) is 9.96. The van der Waals surface area contributed by atoms with E-state index in [4.69, 9.17) is 9.47 Å². The molecule has 2 amide bonds. The number of rotatable bonds is 14. The van der Waals surface area contributed by atoms with Gasteiger partial charge in [-0.2, -0.15) is 0 Å². The van der Waals surface area contributed by atoms with Gasteiger partial charge in [-0.05, 0) is 75.4 Å². The molecule has 0 bridgehead atoms. The van der Waals surface area contributed by atoms with Gasteiger partial charge in [0.15, 0.2) is 11.5 Å². The molecule has 0 aliphatic rings. The van der Waals surface area contributed by atoms with Crippen LogP contribution in [0.25, 0.3) is 0 Å². The fourth-order valence-electron chi connectivity index (χ4n) is 4.55. The van der Waals surface area contributed by atoms with Crippen molar-refractivity contribution in [3.63, 3.8) is 0 Å². The minimum Gasteiger partial charge on any atom is -0.490 e. The van der Waals surface area contributed by atoms with E-state index >= 15 is 0 Å². The van der Waals surface area contributed by atoms with Gasteiger partial charge >= 0.3 is 0 Å². The second kappa shape index (κ2) is 15.0. The van der Waals surface area contributed by atoms with Gasteiger partial charge in [0.1, 0.15) is 6.04 Å². The van der Waals surface area contributed by atoms with E-state index < -0.39 is 6.04 Å². The van der Waals surface area contributed by atoms with Crippen molar-refractivity contribution in [2.45, 2.75) is 72.5 Å². The summed E-state index contributed by atoms with van der Waals surface area (Å²) in [5.41, 5.74) is 4.11. The Bertz CT molecular complexity index is 1210. The van der Waals surface area contributed by atoms with Crippen molar-refractivity contribution >= 4 is 11.8 Å². The van der Waals surface area contributed by atoms with E-state index in [-0.39, 0.29) is 24.3 Å². The Labute approximate surface area is 233 Å². The number of nitrogens with one attached hydrogen (secondary N) is 1. The number of hydrogen-bond donors (Lipinski definition) is 1. The molecular weight excluding hydrogens is 488 g/mol. The zero-order valence-electron chi connectivity index (χ0n) is 23.9. The Hall–Kier alpha value is -3.80. The van der Waals surface area contributed by atoms with Gasteiger partial charge in [0.2, 0.25) is 11.8 Å². The zero-order valence-corrected chi connectivity index (χ0v) is 23.9. The lowest BCUT2D eigenvalue weighted by atomic mass is 10.00. The fourth-order valence-corrected chi connectivity index (χ4v) is 4.55. The van der Waals surface area contributed by atoms with E-state index in [1.54, 1.807) is 4.90 Å². The highest BCUT2D eigenvalue weighted by molar-refractivity contribution is 5.88. The molecule has 0 aliphatic heterocycles. The van der Waals surface area contributed by atoms with Crippen LogP contribution in [0.4, 0.5) is 0 Å². The number of carbonyl (C=O) groups excluding carboxylic acids is 2. The molecule has 3 aromatic carbocycles. The molecule has 0 fully saturated rings. The lowest BCUT2D eigenvalue weighted by Gasteiger charge is -2.32. The summed E-state index contributed by atoms with van der Waals surface area (Å²) in [5.74, 6) is 1.17. The number of hydrogen-bond acceptors (Lipinski definition) is 4. The van der Waals surface area contributed by atoms with Crippen LogP contribution in [-0.2, 0) is 29.0 Å². The summed E-state index contributed by atoms with van der Waals surface area (Å²) in [6.45, 7) is 11.2. The van der Waals surface area contributed by atoms with Gasteiger partial charge in [0.05, 0.1) is 13.2 Å². The van der Waals surface area contributed by atoms with Crippen LogP contribution < -0.4 is 14.8 Å². The quantitative estimate of drug-likeness (QED) is 0.282. The predicted octanol–water partition coefficient (Wildman–Crippen LogP) is 5.89. The Morgan fingerprint density at radius 3 is 2.18 bits per heavy atom. The molecule has 3 aromatic rings. The van der Waals surface area contributed by atoms with Crippen molar-refractivity contribution in [1.82, 2.24) is 10.2 Å². The number of nitrogens with zero attached hydrogens (tertiary/aromatic N) is 1. The maximum atomic E-state index is 13.9. The molecule has 0 radical (unpaired) electrons. The first-order valence-corrected chi connectivity index (χ1v) is 13.9. The number of aryl methyl sites for hydroxylation is 2. The fraction of sp³-hybridized carbons (Fsp3) is 0.394. The van der Waals surface area contributed by atoms with Crippen molar-refractivity contribution in [3.05, 3.63) is 95.1 Å². The molecule has 0 aromatic heterocycles. The molecule has 6 nitrogen and oxygen atoms in total. The first-order chi connectivity index (χ1) is 18.8. The van der Waals surface area contributed by atoms with Crippen molar-refractivity contribution in [2.24, 2.45) is 0 Å². The van der Waals surface area contributed by atoms with Gasteiger partial charge in [-0.3, -0.25) is 9.59 Å². The number of benzene rings is 3. The molecule has 0 heterocycles. The van der Waals surface area contributed by atoms with E-state index in [9.17, 15) is 9.59 Å². The highest BCUT2D eigenvalue weighted by atomic mass is 16.5. The normalized spacial score (nSPS) is 11.6. The van der Waals surface area contributed by atoms with Gasteiger partial charge < -0.3 is 19.7 Å². The first kappa shape index (κ1) is 29.8. The summed E-state index contributed by atoms with van der Waals surface area (Å²) in [4.78, 5) is 29.2.